The quantitative estimate of drug-likeness (QED) is 0.788. The van der Waals surface area contributed by atoms with Gasteiger partial charge in [-0.05, 0) is 54.9 Å². The summed E-state index contributed by atoms with van der Waals surface area (Å²) in [6.45, 7) is 5.70. The second-order valence-corrected chi connectivity index (χ2v) is 6.02. The molecule has 0 aliphatic carbocycles. The number of ketones is 1. The maximum Gasteiger partial charge on any atom is 0.159 e. The summed E-state index contributed by atoms with van der Waals surface area (Å²) < 4.78 is 12.5. The number of rotatable bonds is 3. The van der Waals surface area contributed by atoms with Gasteiger partial charge in [-0.15, -0.1) is 0 Å². The minimum atomic E-state index is 0.0561. The number of ether oxygens (including phenoxy) is 2. The van der Waals surface area contributed by atoms with Gasteiger partial charge in [0.25, 0.3) is 0 Å². The van der Waals surface area contributed by atoms with Crippen LogP contribution in [0, 0.1) is 0 Å². The van der Waals surface area contributed by atoms with E-state index in [1.54, 1.807) is 13.0 Å². The van der Waals surface area contributed by atoms with Crippen molar-refractivity contribution in [2.24, 2.45) is 0 Å². The van der Waals surface area contributed by atoms with Gasteiger partial charge in [-0.2, -0.15) is 0 Å². The average molecular weight is 327 g/mol. The van der Waals surface area contributed by atoms with Crippen LogP contribution in [0.1, 0.15) is 44.0 Å². The summed E-state index contributed by atoms with van der Waals surface area (Å²) in [7, 11) is 0. The van der Waals surface area contributed by atoms with E-state index in [9.17, 15) is 4.79 Å². The van der Waals surface area contributed by atoms with Gasteiger partial charge in [0, 0.05) is 18.4 Å². The minimum Gasteiger partial charge on any atom is -0.489 e. The topological polar surface area (TPSA) is 35.5 Å². The van der Waals surface area contributed by atoms with Crippen molar-refractivity contribution in [2.75, 3.05) is 0 Å². The van der Waals surface area contributed by atoms with Crippen LogP contribution in [-0.2, 0) is 4.74 Å². The molecule has 3 nitrogen and oxygen atoms in total. The molecule has 0 spiro atoms. The highest BCUT2D eigenvalue weighted by molar-refractivity contribution is 9.10. The molecule has 4 heteroatoms. The molecule has 1 aromatic rings. The molecule has 104 valence electrons. The van der Waals surface area contributed by atoms with Crippen LogP contribution in [0.4, 0.5) is 0 Å². The maximum absolute atomic E-state index is 11.3. The Morgan fingerprint density at radius 3 is 2.47 bits per heavy atom. The number of carbonyl (C=O) groups excluding carboxylic acids is 1. The monoisotopic (exact) mass is 326 g/mol. The minimum absolute atomic E-state index is 0.0561. The van der Waals surface area contributed by atoms with Crippen LogP contribution in [0.25, 0.3) is 0 Å². The summed E-state index contributed by atoms with van der Waals surface area (Å²) in [4.78, 5) is 11.3. The predicted octanol–water partition coefficient (Wildman–Crippen LogP) is 3.99. The number of hydrogen-bond donors (Lipinski definition) is 0. The molecule has 2 rings (SSSR count). The molecule has 19 heavy (non-hydrogen) atoms. The lowest BCUT2D eigenvalue weighted by atomic mass is 10.0. The average Bonchev–Trinajstić information content (AvgIpc) is 2.30. The Morgan fingerprint density at radius 2 is 1.95 bits per heavy atom. The molecule has 1 aliphatic rings. The van der Waals surface area contributed by atoms with E-state index >= 15 is 0 Å². The first kappa shape index (κ1) is 14.5. The summed E-state index contributed by atoms with van der Waals surface area (Å²) in [5.74, 6) is 0.844. The smallest absolute Gasteiger partial charge is 0.159 e. The van der Waals surface area contributed by atoms with Crippen LogP contribution in [0.3, 0.4) is 0 Å². The van der Waals surface area contributed by atoms with Gasteiger partial charge in [0.1, 0.15) is 11.9 Å². The van der Waals surface area contributed by atoms with E-state index in [4.69, 9.17) is 9.47 Å². The molecular weight excluding hydrogens is 308 g/mol. The van der Waals surface area contributed by atoms with E-state index in [0.717, 1.165) is 23.1 Å². The van der Waals surface area contributed by atoms with Gasteiger partial charge in [0.15, 0.2) is 5.78 Å². The van der Waals surface area contributed by atoms with Gasteiger partial charge < -0.3 is 9.47 Å². The third kappa shape index (κ3) is 3.80. The Kier molecular flexibility index (Phi) is 4.63. The van der Waals surface area contributed by atoms with Crippen molar-refractivity contribution >= 4 is 21.7 Å². The van der Waals surface area contributed by atoms with Gasteiger partial charge in [0.2, 0.25) is 0 Å². The van der Waals surface area contributed by atoms with Crippen LogP contribution in [0.15, 0.2) is 22.7 Å². The Morgan fingerprint density at radius 1 is 1.32 bits per heavy atom. The van der Waals surface area contributed by atoms with Crippen LogP contribution in [0.5, 0.6) is 5.75 Å². The van der Waals surface area contributed by atoms with Gasteiger partial charge in [-0.3, -0.25) is 4.79 Å². The first-order valence-corrected chi connectivity index (χ1v) is 7.37. The van der Waals surface area contributed by atoms with Crippen LogP contribution < -0.4 is 4.74 Å². The summed E-state index contributed by atoms with van der Waals surface area (Å²) in [5.41, 5.74) is 0.688. The van der Waals surface area contributed by atoms with Crippen molar-refractivity contribution in [2.45, 2.75) is 51.9 Å². The van der Waals surface area contributed by atoms with Crippen molar-refractivity contribution in [3.05, 3.63) is 28.2 Å². The van der Waals surface area contributed by atoms with Gasteiger partial charge >= 0.3 is 0 Å². The molecule has 0 saturated carbocycles. The lowest BCUT2D eigenvalue weighted by Crippen LogP contribution is -2.35. The van der Waals surface area contributed by atoms with Gasteiger partial charge in [-0.1, -0.05) is 0 Å². The molecule has 0 bridgehead atoms. The molecule has 2 unspecified atom stereocenters. The van der Waals surface area contributed by atoms with Crippen LogP contribution in [0.2, 0.25) is 0 Å². The fourth-order valence-electron chi connectivity index (χ4n) is 2.44. The highest BCUT2D eigenvalue weighted by Crippen LogP contribution is 2.30. The molecule has 1 heterocycles. The third-order valence-corrected chi connectivity index (χ3v) is 3.91. The molecular formula is C15H19BrO3. The second kappa shape index (κ2) is 6.06. The Hall–Kier alpha value is -0.870. The molecule has 0 aromatic heterocycles. The Bertz CT molecular complexity index is 462. The summed E-state index contributed by atoms with van der Waals surface area (Å²) in [5, 5.41) is 0. The van der Waals surface area contributed by atoms with Crippen molar-refractivity contribution in [1.29, 1.82) is 0 Å². The standard InChI is InChI=1S/C15H19BrO3/c1-9-6-13(7-10(2)18-9)19-15-5-4-12(11(3)17)8-14(15)16/h4-5,8-10,13H,6-7H2,1-3H3. The van der Waals surface area contributed by atoms with Crippen LogP contribution >= 0.6 is 15.9 Å². The highest BCUT2D eigenvalue weighted by atomic mass is 79.9. The molecule has 0 radical (unpaired) electrons. The maximum atomic E-state index is 11.3. The normalized spacial score (nSPS) is 27.1. The van der Waals surface area contributed by atoms with Crippen molar-refractivity contribution in [1.82, 2.24) is 0 Å². The van der Waals surface area contributed by atoms with E-state index in [2.05, 4.69) is 29.8 Å². The van der Waals surface area contributed by atoms with Gasteiger partial charge in [-0.25, -0.2) is 0 Å². The van der Waals surface area contributed by atoms with Crippen molar-refractivity contribution in [3.63, 3.8) is 0 Å². The number of Topliss-reactive ketones (excluding diaryl/α,β-unsaturated/α-hetero) is 1. The molecule has 1 fully saturated rings. The zero-order chi connectivity index (χ0) is 14.0. The van der Waals surface area contributed by atoms with E-state index in [1.165, 1.54) is 0 Å². The first-order valence-electron chi connectivity index (χ1n) is 6.58. The molecule has 1 saturated heterocycles. The zero-order valence-corrected chi connectivity index (χ0v) is 13.1. The summed E-state index contributed by atoms with van der Waals surface area (Å²) in [6.07, 6.45) is 2.41. The van der Waals surface area contributed by atoms with E-state index in [0.29, 0.717) is 5.56 Å². The fourth-order valence-corrected chi connectivity index (χ4v) is 2.91. The van der Waals surface area contributed by atoms with Crippen molar-refractivity contribution in [3.8, 4) is 5.75 Å². The third-order valence-electron chi connectivity index (χ3n) is 3.29. The second-order valence-electron chi connectivity index (χ2n) is 5.17. The van der Waals surface area contributed by atoms with E-state index in [-0.39, 0.29) is 24.1 Å². The van der Waals surface area contributed by atoms with E-state index < -0.39 is 0 Å². The van der Waals surface area contributed by atoms with Gasteiger partial charge in [0.05, 0.1) is 16.7 Å². The van der Waals surface area contributed by atoms with E-state index in [1.807, 2.05) is 12.1 Å². The summed E-state index contributed by atoms with van der Waals surface area (Å²) in [6, 6.07) is 5.46. The molecule has 0 N–H and O–H groups in total. The first-order chi connectivity index (χ1) is 8.95. The Labute approximate surface area is 122 Å². The molecule has 0 amide bonds. The Balaban J connectivity index is 2.08. The fraction of sp³-hybridized carbons (Fsp3) is 0.533. The predicted molar refractivity (Wildman–Crippen MR) is 77.8 cm³/mol. The SMILES string of the molecule is CC(=O)c1ccc(OC2CC(C)OC(C)C2)c(Br)c1. The number of hydrogen-bond acceptors (Lipinski definition) is 3. The van der Waals surface area contributed by atoms with Crippen molar-refractivity contribution < 1.29 is 14.3 Å². The summed E-state index contributed by atoms with van der Waals surface area (Å²) >= 11 is 3.46. The highest BCUT2D eigenvalue weighted by Gasteiger charge is 2.26. The molecule has 2 atom stereocenters. The molecule has 1 aliphatic heterocycles. The molecule has 1 aromatic carbocycles. The number of benzene rings is 1. The largest absolute Gasteiger partial charge is 0.489 e. The number of halogens is 1. The lowest BCUT2D eigenvalue weighted by molar-refractivity contribution is -0.0722. The number of carbonyl (C=O) groups is 1. The zero-order valence-electron chi connectivity index (χ0n) is 11.5. The lowest BCUT2D eigenvalue weighted by Gasteiger charge is -2.32. The van der Waals surface area contributed by atoms with Crippen LogP contribution in [-0.4, -0.2) is 24.1 Å².